The Hall–Kier alpha value is -2.34. The normalized spacial score (nSPS) is 11.0. The van der Waals surface area contributed by atoms with Crippen LogP contribution in [0.25, 0.3) is 5.65 Å². The molecule has 6 nitrogen and oxygen atoms in total. The summed E-state index contributed by atoms with van der Waals surface area (Å²) < 4.78 is 1.78. The van der Waals surface area contributed by atoms with E-state index in [0.717, 1.165) is 35.8 Å². The summed E-state index contributed by atoms with van der Waals surface area (Å²) in [7, 11) is 0. The van der Waals surface area contributed by atoms with Gasteiger partial charge in [0.25, 0.3) is 0 Å². The summed E-state index contributed by atoms with van der Waals surface area (Å²) in [5.41, 5.74) is 8.46. The Bertz CT molecular complexity index is 655. The number of anilines is 1. The van der Waals surface area contributed by atoms with Crippen molar-refractivity contribution in [2.45, 2.75) is 13.0 Å². The molecule has 0 saturated heterocycles. The zero-order valence-corrected chi connectivity index (χ0v) is 10.5. The topological polar surface area (TPSA) is 84.0 Å². The number of H-pyrrole nitrogens is 1. The monoisotopic (exact) mass is 256 g/mol. The second-order valence-electron chi connectivity index (χ2n) is 4.34. The third kappa shape index (κ3) is 2.58. The van der Waals surface area contributed by atoms with Gasteiger partial charge in [-0.3, -0.25) is 0 Å². The number of nitrogens with zero attached hydrogens (tertiary/aromatic N) is 3. The van der Waals surface area contributed by atoms with Gasteiger partial charge in [-0.15, -0.1) is 5.10 Å². The van der Waals surface area contributed by atoms with Gasteiger partial charge in [0.15, 0.2) is 5.65 Å². The first-order chi connectivity index (χ1) is 9.35. The van der Waals surface area contributed by atoms with E-state index in [9.17, 15) is 0 Å². The van der Waals surface area contributed by atoms with Crippen LogP contribution in [-0.2, 0) is 13.0 Å². The molecule has 0 aromatic carbocycles. The highest BCUT2D eigenvalue weighted by Gasteiger charge is 2.03. The van der Waals surface area contributed by atoms with Crippen molar-refractivity contribution in [1.29, 1.82) is 0 Å². The number of hydrogen-bond donors (Lipinski definition) is 3. The number of nitrogens with one attached hydrogen (secondary N) is 2. The minimum absolute atomic E-state index is 0.599. The predicted molar refractivity (Wildman–Crippen MR) is 73.9 cm³/mol. The maximum absolute atomic E-state index is 5.53. The van der Waals surface area contributed by atoms with Crippen LogP contribution in [0.4, 0.5) is 5.82 Å². The third-order valence-corrected chi connectivity index (χ3v) is 2.89. The zero-order valence-electron chi connectivity index (χ0n) is 10.5. The Labute approximate surface area is 110 Å². The van der Waals surface area contributed by atoms with E-state index in [2.05, 4.69) is 20.4 Å². The van der Waals surface area contributed by atoms with Gasteiger partial charge in [0.05, 0.1) is 18.4 Å². The number of hydrogen-bond acceptors (Lipinski definition) is 4. The third-order valence-electron chi connectivity index (χ3n) is 2.89. The smallest absolute Gasteiger partial charge is 0.153 e. The lowest BCUT2D eigenvalue weighted by Gasteiger charge is -2.03. The van der Waals surface area contributed by atoms with E-state index in [4.69, 9.17) is 5.73 Å². The van der Waals surface area contributed by atoms with Gasteiger partial charge in [0.2, 0.25) is 0 Å². The molecular weight excluding hydrogens is 240 g/mol. The van der Waals surface area contributed by atoms with E-state index in [0.29, 0.717) is 6.54 Å². The van der Waals surface area contributed by atoms with Crippen LogP contribution in [-0.4, -0.2) is 26.1 Å². The van der Waals surface area contributed by atoms with Gasteiger partial charge >= 0.3 is 0 Å². The molecule has 3 aromatic heterocycles. The molecule has 3 aromatic rings. The first-order valence-electron chi connectivity index (χ1n) is 6.26. The molecule has 0 spiro atoms. The summed E-state index contributed by atoms with van der Waals surface area (Å²) in [6, 6.07) is 7.88. The van der Waals surface area contributed by atoms with Gasteiger partial charge in [-0.1, -0.05) is 0 Å². The molecule has 0 aliphatic carbocycles. The molecule has 0 saturated carbocycles. The highest BCUT2D eigenvalue weighted by molar-refractivity contribution is 5.45. The van der Waals surface area contributed by atoms with E-state index in [1.807, 2.05) is 36.7 Å². The molecule has 0 amide bonds. The fourth-order valence-corrected chi connectivity index (χ4v) is 1.96. The van der Waals surface area contributed by atoms with Gasteiger partial charge in [-0.25, -0.2) is 9.50 Å². The van der Waals surface area contributed by atoms with Crippen molar-refractivity contribution in [3.8, 4) is 0 Å². The lowest BCUT2D eigenvalue weighted by Crippen LogP contribution is -2.03. The number of nitrogens with two attached hydrogens (primary N) is 1. The van der Waals surface area contributed by atoms with Crippen LogP contribution in [0.2, 0.25) is 0 Å². The summed E-state index contributed by atoms with van der Waals surface area (Å²) in [5.74, 6) is 0.818. The first kappa shape index (κ1) is 11.7. The van der Waals surface area contributed by atoms with Gasteiger partial charge in [0.1, 0.15) is 5.82 Å². The van der Waals surface area contributed by atoms with Crippen LogP contribution in [0, 0.1) is 0 Å². The molecule has 3 heterocycles. The molecule has 0 atom stereocenters. The van der Waals surface area contributed by atoms with E-state index < -0.39 is 0 Å². The van der Waals surface area contributed by atoms with Crippen LogP contribution < -0.4 is 11.1 Å². The number of rotatable bonds is 5. The predicted octanol–water partition coefficient (Wildman–Crippen LogP) is 1.17. The van der Waals surface area contributed by atoms with E-state index in [1.54, 1.807) is 4.52 Å². The molecule has 0 bridgehead atoms. The maximum atomic E-state index is 5.53. The van der Waals surface area contributed by atoms with Gasteiger partial charge in [0, 0.05) is 18.3 Å². The lowest BCUT2D eigenvalue weighted by atomic mass is 10.3. The SMILES string of the molecule is NCCc1cn2nc(NCc3ccc[nH]3)ccc2n1. The molecule has 0 unspecified atom stereocenters. The fourth-order valence-electron chi connectivity index (χ4n) is 1.96. The van der Waals surface area contributed by atoms with E-state index >= 15 is 0 Å². The van der Waals surface area contributed by atoms with Crippen LogP contribution in [0.5, 0.6) is 0 Å². The molecule has 4 N–H and O–H groups in total. The molecule has 19 heavy (non-hydrogen) atoms. The van der Waals surface area contributed by atoms with Gasteiger partial charge in [-0.2, -0.15) is 0 Å². The van der Waals surface area contributed by atoms with Crippen LogP contribution in [0.3, 0.4) is 0 Å². The second kappa shape index (κ2) is 5.11. The van der Waals surface area contributed by atoms with Crippen molar-refractivity contribution in [3.05, 3.63) is 48.0 Å². The van der Waals surface area contributed by atoms with Crippen molar-refractivity contribution in [2.24, 2.45) is 5.73 Å². The molecule has 0 fully saturated rings. The Kier molecular flexibility index (Phi) is 3.16. The Balaban J connectivity index is 1.77. The Morgan fingerprint density at radius 3 is 3.05 bits per heavy atom. The van der Waals surface area contributed by atoms with Crippen molar-refractivity contribution in [2.75, 3.05) is 11.9 Å². The molecule has 0 aliphatic heterocycles. The highest BCUT2D eigenvalue weighted by atomic mass is 15.3. The number of aromatic amines is 1. The number of imidazole rings is 1. The van der Waals surface area contributed by atoms with Gasteiger partial charge < -0.3 is 16.0 Å². The minimum Gasteiger partial charge on any atom is -0.364 e. The van der Waals surface area contributed by atoms with E-state index in [1.165, 1.54) is 0 Å². The van der Waals surface area contributed by atoms with Crippen LogP contribution >= 0.6 is 0 Å². The van der Waals surface area contributed by atoms with Crippen molar-refractivity contribution in [1.82, 2.24) is 19.6 Å². The van der Waals surface area contributed by atoms with Crippen molar-refractivity contribution >= 4 is 11.5 Å². The fraction of sp³-hybridized carbons (Fsp3) is 0.231. The summed E-state index contributed by atoms with van der Waals surface area (Å²) in [4.78, 5) is 7.58. The molecule has 98 valence electrons. The standard InChI is InChI=1S/C13H16N6/c14-6-5-11-9-19-13(17-11)4-3-12(18-19)16-8-10-2-1-7-15-10/h1-4,7,9,15H,5-6,8,14H2,(H,16,18). The summed E-state index contributed by atoms with van der Waals surface area (Å²) in [6.45, 7) is 1.32. The molecular formula is C13H16N6. The summed E-state index contributed by atoms with van der Waals surface area (Å²) >= 11 is 0. The minimum atomic E-state index is 0.599. The molecule has 0 radical (unpaired) electrons. The molecule has 6 heteroatoms. The maximum Gasteiger partial charge on any atom is 0.153 e. The molecule has 0 aliphatic rings. The average Bonchev–Trinajstić information content (AvgIpc) is 3.05. The first-order valence-corrected chi connectivity index (χ1v) is 6.26. The second-order valence-corrected chi connectivity index (χ2v) is 4.34. The van der Waals surface area contributed by atoms with E-state index in [-0.39, 0.29) is 0 Å². The summed E-state index contributed by atoms with van der Waals surface area (Å²) in [6.07, 6.45) is 4.60. The number of aromatic nitrogens is 4. The van der Waals surface area contributed by atoms with Crippen molar-refractivity contribution in [3.63, 3.8) is 0 Å². The van der Waals surface area contributed by atoms with Crippen LogP contribution in [0.15, 0.2) is 36.7 Å². The Morgan fingerprint density at radius 2 is 2.26 bits per heavy atom. The van der Waals surface area contributed by atoms with Crippen molar-refractivity contribution < 1.29 is 0 Å². The molecule has 3 rings (SSSR count). The average molecular weight is 256 g/mol. The zero-order chi connectivity index (χ0) is 13.1. The van der Waals surface area contributed by atoms with Gasteiger partial charge in [-0.05, 0) is 30.8 Å². The number of fused-ring (bicyclic) bond motifs is 1. The lowest BCUT2D eigenvalue weighted by molar-refractivity contribution is 0.906. The quantitative estimate of drug-likeness (QED) is 0.640. The largest absolute Gasteiger partial charge is 0.364 e. The summed E-state index contributed by atoms with van der Waals surface area (Å²) in [5, 5.41) is 7.73. The highest BCUT2D eigenvalue weighted by Crippen LogP contribution is 2.09. The Morgan fingerprint density at radius 1 is 1.32 bits per heavy atom. The van der Waals surface area contributed by atoms with Crippen LogP contribution in [0.1, 0.15) is 11.4 Å².